The summed E-state index contributed by atoms with van der Waals surface area (Å²) in [7, 11) is 1.53. The van der Waals surface area contributed by atoms with Crippen molar-refractivity contribution in [3.8, 4) is 28.5 Å². The molecule has 4 aromatic rings. The van der Waals surface area contributed by atoms with Gasteiger partial charge in [-0.15, -0.1) is 0 Å². The van der Waals surface area contributed by atoms with E-state index in [0.29, 0.717) is 53.6 Å². The van der Waals surface area contributed by atoms with Gasteiger partial charge in [-0.1, -0.05) is 11.2 Å². The topological polar surface area (TPSA) is 106 Å². The van der Waals surface area contributed by atoms with Gasteiger partial charge in [-0.2, -0.15) is 5.10 Å². The van der Waals surface area contributed by atoms with Crippen LogP contribution in [0.2, 0.25) is 0 Å². The molecule has 2 aliphatic heterocycles. The van der Waals surface area contributed by atoms with Crippen LogP contribution >= 0.6 is 0 Å². The van der Waals surface area contributed by atoms with Gasteiger partial charge in [0.1, 0.15) is 23.8 Å². The van der Waals surface area contributed by atoms with Crippen LogP contribution in [0.15, 0.2) is 40.9 Å². The first-order valence-electron chi connectivity index (χ1n) is 12.7. The van der Waals surface area contributed by atoms with Crippen LogP contribution in [-0.2, 0) is 9.47 Å². The molecule has 0 aliphatic carbocycles. The Morgan fingerprint density at radius 3 is 2.62 bits per heavy atom. The highest BCUT2D eigenvalue weighted by Crippen LogP contribution is 2.33. The summed E-state index contributed by atoms with van der Waals surface area (Å²) in [5.41, 5.74) is 1.71. The van der Waals surface area contributed by atoms with Crippen molar-refractivity contribution in [2.24, 2.45) is 0 Å². The van der Waals surface area contributed by atoms with E-state index in [1.807, 2.05) is 0 Å². The van der Waals surface area contributed by atoms with Crippen molar-refractivity contribution in [2.45, 2.75) is 6.04 Å². The average Bonchev–Trinajstić information content (AvgIpc) is 3.55. The largest absolute Gasteiger partial charge is 0.488 e. The fourth-order valence-corrected chi connectivity index (χ4v) is 4.82. The number of carbonyl (C=O) groups excluding carboxylic acids is 1. The van der Waals surface area contributed by atoms with Gasteiger partial charge in [-0.05, 0) is 18.2 Å². The molecule has 0 bridgehead atoms. The summed E-state index contributed by atoms with van der Waals surface area (Å²) in [6.07, 6.45) is 0. The van der Waals surface area contributed by atoms with Crippen molar-refractivity contribution in [1.82, 2.24) is 25.2 Å². The number of nitrogens with one attached hydrogen (secondary N) is 1. The molecule has 204 valence electrons. The maximum absolute atomic E-state index is 15.1. The fourth-order valence-electron chi connectivity index (χ4n) is 4.82. The van der Waals surface area contributed by atoms with E-state index >= 15 is 4.39 Å². The number of ether oxygens (including phenoxy) is 3. The van der Waals surface area contributed by atoms with Crippen LogP contribution in [0.5, 0.6) is 5.75 Å². The molecule has 2 aromatic heterocycles. The molecule has 2 aromatic carbocycles. The van der Waals surface area contributed by atoms with Crippen LogP contribution in [-0.4, -0.2) is 96.8 Å². The number of benzene rings is 2. The van der Waals surface area contributed by atoms with Crippen LogP contribution < -0.4 is 4.74 Å². The molecule has 0 atom stereocenters. The first-order chi connectivity index (χ1) is 19.0. The van der Waals surface area contributed by atoms with E-state index in [1.54, 1.807) is 17.0 Å². The molecular weight excluding hydrogens is 512 g/mol. The Kier molecular flexibility index (Phi) is 6.98. The Hall–Kier alpha value is -3.87. The number of rotatable bonds is 8. The number of hydrogen-bond donors (Lipinski definition) is 1. The number of piperazine rings is 1. The van der Waals surface area contributed by atoms with Gasteiger partial charge < -0.3 is 23.6 Å². The van der Waals surface area contributed by atoms with Gasteiger partial charge in [0.25, 0.3) is 5.91 Å². The fraction of sp³-hybridized carbons (Fsp3) is 0.370. The lowest BCUT2D eigenvalue weighted by atomic mass is 10.1. The number of hydrogen-bond acceptors (Lipinski definition) is 8. The highest BCUT2D eigenvalue weighted by molar-refractivity contribution is 5.95. The van der Waals surface area contributed by atoms with Gasteiger partial charge in [0.2, 0.25) is 0 Å². The van der Waals surface area contributed by atoms with Crippen molar-refractivity contribution >= 4 is 16.8 Å². The van der Waals surface area contributed by atoms with Gasteiger partial charge >= 0.3 is 0 Å². The summed E-state index contributed by atoms with van der Waals surface area (Å²) in [5, 5.41) is 11.6. The minimum absolute atomic E-state index is 0.0141. The van der Waals surface area contributed by atoms with Crippen LogP contribution in [0.3, 0.4) is 0 Å². The molecule has 2 saturated heterocycles. The third kappa shape index (κ3) is 4.98. The van der Waals surface area contributed by atoms with Crippen LogP contribution in [0.4, 0.5) is 8.78 Å². The number of aromatic nitrogens is 3. The Labute approximate surface area is 222 Å². The predicted octanol–water partition coefficient (Wildman–Crippen LogP) is 3.34. The molecular formula is C27H27F2N5O5. The lowest BCUT2D eigenvalue weighted by molar-refractivity contribution is -0.0746. The zero-order valence-corrected chi connectivity index (χ0v) is 21.3. The molecule has 0 radical (unpaired) electrons. The minimum Gasteiger partial charge on any atom is -0.488 e. The normalized spacial score (nSPS) is 16.5. The van der Waals surface area contributed by atoms with E-state index in [0.717, 1.165) is 26.3 Å². The quantitative estimate of drug-likeness (QED) is 0.340. The maximum atomic E-state index is 15.1. The second-order valence-corrected chi connectivity index (χ2v) is 9.53. The lowest BCUT2D eigenvalue weighted by Gasteiger charge is -2.42. The molecule has 12 heteroatoms. The number of carbonyl (C=O) groups is 1. The van der Waals surface area contributed by atoms with E-state index < -0.39 is 11.6 Å². The first-order valence-corrected chi connectivity index (χ1v) is 12.7. The van der Waals surface area contributed by atoms with Crippen molar-refractivity contribution in [3.63, 3.8) is 0 Å². The molecule has 1 N–H and O–H groups in total. The second-order valence-electron chi connectivity index (χ2n) is 9.53. The number of nitrogens with zero attached hydrogens (tertiary/aromatic N) is 4. The maximum Gasteiger partial charge on any atom is 0.256 e. The summed E-state index contributed by atoms with van der Waals surface area (Å²) in [6.45, 7) is 4.57. The lowest BCUT2D eigenvalue weighted by Crippen LogP contribution is -2.57. The van der Waals surface area contributed by atoms with Crippen LogP contribution in [0.25, 0.3) is 33.6 Å². The second kappa shape index (κ2) is 10.7. The number of amides is 1. The van der Waals surface area contributed by atoms with Gasteiger partial charge in [0.15, 0.2) is 17.3 Å². The van der Waals surface area contributed by atoms with E-state index in [-0.39, 0.29) is 29.6 Å². The zero-order valence-electron chi connectivity index (χ0n) is 21.3. The highest BCUT2D eigenvalue weighted by Gasteiger charge is 2.31. The SMILES string of the molecule is COCCOc1cc2[nH]nc(-c3cc(-c4ccc(C(=O)N5CCN(C6COC6)CC5)c(F)c4)no3)c2cc1F. The molecule has 2 fully saturated rings. The van der Waals surface area contributed by atoms with E-state index in [4.69, 9.17) is 18.7 Å². The van der Waals surface area contributed by atoms with Crippen LogP contribution in [0, 0.1) is 11.6 Å². The number of H-pyrrole nitrogens is 1. The van der Waals surface area contributed by atoms with Gasteiger partial charge in [0.05, 0.1) is 36.9 Å². The average molecular weight is 540 g/mol. The predicted molar refractivity (Wildman–Crippen MR) is 136 cm³/mol. The Bertz CT molecular complexity index is 1490. The molecule has 39 heavy (non-hydrogen) atoms. The number of halogens is 2. The summed E-state index contributed by atoms with van der Waals surface area (Å²) in [5.74, 6) is -1.17. The van der Waals surface area contributed by atoms with Crippen molar-refractivity contribution in [2.75, 3.05) is 59.7 Å². The molecule has 4 heterocycles. The minimum atomic E-state index is -0.634. The molecule has 10 nitrogen and oxygen atoms in total. The monoisotopic (exact) mass is 539 g/mol. The van der Waals surface area contributed by atoms with Gasteiger partial charge in [0, 0.05) is 56.4 Å². The molecule has 0 saturated carbocycles. The zero-order chi connectivity index (χ0) is 26.9. The van der Waals surface area contributed by atoms with Gasteiger partial charge in [-0.3, -0.25) is 14.8 Å². The third-order valence-corrected chi connectivity index (χ3v) is 7.14. The Balaban J connectivity index is 1.17. The van der Waals surface area contributed by atoms with Crippen molar-refractivity contribution in [3.05, 3.63) is 53.6 Å². The molecule has 1 amide bonds. The molecule has 6 rings (SSSR count). The molecule has 0 unspecified atom stereocenters. The van der Waals surface area contributed by atoms with Crippen LogP contribution in [0.1, 0.15) is 10.4 Å². The van der Waals surface area contributed by atoms with Crippen molar-refractivity contribution in [1.29, 1.82) is 0 Å². The standard InChI is InChI=1S/C27H27F2N5O5/c1-36-8-9-38-24-13-23-19(11-21(24)29)26(31-30-23)25-12-22(32-39-25)16-2-3-18(20(28)10-16)27(35)34-6-4-33(5-7-34)17-14-37-15-17/h2-3,10-13,17H,4-9,14-15H2,1H3,(H,30,31). The van der Waals surface area contributed by atoms with E-state index in [9.17, 15) is 9.18 Å². The number of fused-ring (bicyclic) bond motifs is 1. The van der Waals surface area contributed by atoms with Gasteiger partial charge in [-0.25, -0.2) is 8.78 Å². The summed E-state index contributed by atoms with van der Waals surface area (Å²) in [4.78, 5) is 17.0. The Morgan fingerprint density at radius 1 is 1.08 bits per heavy atom. The molecule has 2 aliphatic rings. The van der Waals surface area contributed by atoms with Crippen molar-refractivity contribution < 1.29 is 32.3 Å². The summed E-state index contributed by atoms with van der Waals surface area (Å²) < 4.78 is 50.7. The molecule has 0 spiro atoms. The Morgan fingerprint density at radius 2 is 1.90 bits per heavy atom. The number of aromatic amines is 1. The third-order valence-electron chi connectivity index (χ3n) is 7.14. The highest BCUT2D eigenvalue weighted by atomic mass is 19.1. The first kappa shape index (κ1) is 25.4. The summed E-state index contributed by atoms with van der Waals surface area (Å²) >= 11 is 0. The smallest absolute Gasteiger partial charge is 0.256 e. The summed E-state index contributed by atoms with van der Waals surface area (Å²) in [6, 6.07) is 9.20. The number of methoxy groups -OCH3 is 1. The van der Waals surface area contributed by atoms with E-state index in [1.165, 1.54) is 31.4 Å². The van der Waals surface area contributed by atoms with E-state index in [2.05, 4.69) is 20.3 Å².